The monoisotopic (exact) mass is 264 g/mol. The molecule has 0 aliphatic rings. The van der Waals surface area contributed by atoms with Gasteiger partial charge in [-0.15, -0.1) is 0 Å². The molecule has 0 spiro atoms. The standard InChI is InChI=1S/C13H16N2O4/c1-7(2)13(18)19-11-6-9(16)4-3-8(11)5-10(14)12(15)17/h3-4,6,10,16H,1,5,14H2,2H3,(H2,15,17)/t10-/m0/s1. The van der Waals surface area contributed by atoms with Crippen LogP contribution in [-0.4, -0.2) is 23.0 Å². The summed E-state index contributed by atoms with van der Waals surface area (Å²) in [7, 11) is 0. The summed E-state index contributed by atoms with van der Waals surface area (Å²) in [4.78, 5) is 22.4. The van der Waals surface area contributed by atoms with Crippen LogP contribution in [0.5, 0.6) is 11.5 Å². The van der Waals surface area contributed by atoms with Crippen molar-refractivity contribution in [2.75, 3.05) is 0 Å². The van der Waals surface area contributed by atoms with E-state index in [2.05, 4.69) is 6.58 Å². The molecule has 0 fully saturated rings. The molecule has 19 heavy (non-hydrogen) atoms. The molecule has 0 aliphatic heterocycles. The Morgan fingerprint density at radius 2 is 2.11 bits per heavy atom. The third-order valence-electron chi connectivity index (χ3n) is 2.41. The third kappa shape index (κ3) is 4.11. The molecule has 102 valence electrons. The molecule has 1 atom stereocenters. The summed E-state index contributed by atoms with van der Waals surface area (Å²) in [5.74, 6) is -1.23. The normalized spacial score (nSPS) is 11.7. The van der Waals surface area contributed by atoms with E-state index in [0.717, 1.165) is 0 Å². The summed E-state index contributed by atoms with van der Waals surface area (Å²) in [6.07, 6.45) is 0.106. The number of carbonyl (C=O) groups is 2. The topological polar surface area (TPSA) is 116 Å². The Bertz CT molecular complexity index is 525. The predicted molar refractivity (Wildman–Crippen MR) is 69.4 cm³/mol. The number of esters is 1. The van der Waals surface area contributed by atoms with Crippen LogP contribution in [0.4, 0.5) is 0 Å². The zero-order valence-corrected chi connectivity index (χ0v) is 10.6. The Morgan fingerprint density at radius 3 is 2.63 bits per heavy atom. The zero-order valence-electron chi connectivity index (χ0n) is 10.6. The number of rotatable bonds is 5. The van der Waals surface area contributed by atoms with Gasteiger partial charge in [-0.3, -0.25) is 4.79 Å². The number of carbonyl (C=O) groups excluding carboxylic acids is 2. The number of nitrogens with two attached hydrogens (primary N) is 2. The first-order valence-electron chi connectivity index (χ1n) is 5.55. The minimum atomic E-state index is -0.896. The molecule has 6 nitrogen and oxygen atoms in total. The molecule has 0 saturated carbocycles. The Labute approximate surface area is 110 Å². The summed E-state index contributed by atoms with van der Waals surface area (Å²) in [6.45, 7) is 4.96. The first kappa shape index (κ1) is 14.7. The first-order chi connectivity index (χ1) is 8.81. The maximum Gasteiger partial charge on any atom is 0.338 e. The molecular weight excluding hydrogens is 248 g/mol. The highest BCUT2D eigenvalue weighted by molar-refractivity contribution is 5.89. The lowest BCUT2D eigenvalue weighted by atomic mass is 10.0. The number of hydrogen-bond acceptors (Lipinski definition) is 5. The minimum Gasteiger partial charge on any atom is -0.508 e. The van der Waals surface area contributed by atoms with Crippen molar-refractivity contribution in [1.29, 1.82) is 0 Å². The van der Waals surface area contributed by atoms with Crippen LogP contribution < -0.4 is 16.2 Å². The van der Waals surface area contributed by atoms with Gasteiger partial charge in [0.25, 0.3) is 0 Å². The van der Waals surface area contributed by atoms with Crippen molar-refractivity contribution >= 4 is 11.9 Å². The molecule has 1 aromatic carbocycles. The molecule has 0 radical (unpaired) electrons. The highest BCUT2D eigenvalue weighted by atomic mass is 16.5. The van der Waals surface area contributed by atoms with Crippen molar-refractivity contribution in [3.8, 4) is 11.5 Å². The van der Waals surface area contributed by atoms with Crippen LogP contribution in [0.15, 0.2) is 30.4 Å². The molecule has 0 aromatic heterocycles. The van der Waals surface area contributed by atoms with E-state index in [9.17, 15) is 14.7 Å². The quantitative estimate of drug-likeness (QED) is 0.400. The van der Waals surface area contributed by atoms with Gasteiger partial charge >= 0.3 is 5.97 Å². The Hall–Kier alpha value is -2.34. The second-order valence-corrected chi connectivity index (χ2v) is 4.17. The predicted octanol–water partition coefficient (Wildman–Crippen LogP) is 0.229. The Kier molecular flexibility index (Phi) is 4.66. The summed E-state index contributed by atoms with van der Waals surface area (Å²) in [5.41, 5.74) is 11.3. The summed E-state index contributed by atoms with van der Waals surface area (Å²) in [6, 6.07) is 3.29. The van der Waals surface area contributed by atoms with Crippen LogP contribution in [-0.2, 0) is 16.0 Å². The lowest BCUT2D eigenvalue weighted by Crippen LogP contribution is -2.38. The van der Waals surface area contributed by atoms with Gasteiger partial charge in [0.1, 0.15) is 11.5 Å². The van der Waals surface area contributed by atoms with Crippen molar-refractivity contribution in [3.05, 3.63) is 35.9 Å². The molecule has 0 bridgehead atoms. The minimum absolute atomic E-state index is 0.0686. The van der Waals surface area contributed by atoms with Crippen molar-refractivity contribution in [2.45, 2.75) is 19.4 Å². The highest BCUT2D eigenvalue weighted by Gasteiger charge is 2.16. The molecular formula is C13H16N2O4. The van der Waals surface area contributed by atoms with Gasteiger partial charge in [-0.1, -0.05) is 12.6 Å². The van der Waals surface area contributed by atoms with Gasteiger partial charge in [0.2, 0.25) is 5.91 Å². The molecule has 6 heteroatoms. The van der Waals surface area contributed by atoms with Crippen LogP contribution in [0.1, 0.15) is 12.5 Å². The number of hydrogen-bond donors (Lipinski definition) is 3. The van der Waals surface area contributed by atoms with Crippen LogP contribution in [0, 0.1) is 0 Å². The fraction of sp³-hybridized carbons (Fsp3) is 0.231. The van der Waals surface area contributed by atoms with Crippen LogP contribution in [0.3, 0.4) is 0 Å². The first-order valence-corrected chi connectivity index (χ1v) is 5.55. The average Bonchev–Trinajstić information content (AvgIpc) is 2.32. The summed E-state index contributed by atoms with van der Waals surface area (Å²) >= 11 is 0. The number of primary amides is 1. The van der Waals surface area contributed by atoms with Gasteiger partial charge in [-0.05, 0) is 18.6 Å². The lowest BCUT2D eigenvalue weighted by molar-refractivity contribution is -0.130. The SMILES string of the molecule is C=C(C)C(=O)Oc1cc(O)ccc1C[C@H](N)C(N)=O. The molecule has 0 aliphatic carbocycles. The number of benzene rings is 1. The van der Waals surface area contributed by atoms with E-state index in [4.69, 9.17) is 16.2 Å². The largest absolute Gasteiger partial charge is 0.508 e. The van der Waals surface area contributed by atoms with Crippen LogP contribution >= 0.6 is 0 Å². The molecule has 1 aromatic rings. The number of aromatic hydroxyl groups is 1. The van der Waals surface area contributed by atoms with E-state index in [0.29, 0.717) is 5.56 Å². The maximum atomic E-state index is 11.5. The average molecular weight is 264 g/mol. The molecule has 5 N–H and O–H groups in total. The van der Waals surface area contributed by atoms with Crippen molar-refractivity contribution < 1.29 is 19.4 Å². The van der Waals surface area contributed by atoms with Crippen molar-refractivity contribution in [1.82, 2.24) is 0 Å². The summed E-state index contributed by atoms with van der Waals surface area (Å²) in [5, 5.41) is 9.40. The van der Waals surface area contributed by atoms with Crippen molar-refractivity contribution in [3.63, 3.8) is 0 Å². The van der Waals surface area contributed by atoms with Gasteiger partial charge < -0.3 is 21.3 Å². The molecule has 0 heterocycles. The van der Waals surface area contributed by atoms with E-state index < -0.39 is 17.9 Å². The van der Waals surface area contributed by atoms with Gasteiger partial charge in [-0.25, -0.2) is 4.79 Å². The number of phenols is 1. The van der Waals surface area contributed by atoms with Crippen LogP contribution in [0.2, 0.25) is 0 Å². The second-order valence-electron chi connectivity index (χ2n) is 4.17. The molecule has 1 rings (SSSR count). The Morgan fingerprint density at radius 1 is 1.47 bits per heavy atom. The number of amides is 1. The van der Waals surface area contributed by atoms with Crippen molar-refractivity contribution in [2.24, 2.45) is 11.5 Å². The number of ether oxygens (including phenoxy) is 1. The van der Waals surface area contributed by atoms with E-state index in [1.807, 2.05) is 0 Å². The van der Waals surface area contributed by atoms with E-state index in [1.54, 1.807) is 0 Å². The van der Waals surface area contributed by atoms with Gasteiger partial charge in [0.05, 0.1) is 6.04 Å². The molecule has 0 saturated heterocycles. The fourth-order valence-electron chi connectivity index (χ4n) is 1.33. The van der Waals surface area contributed by atoms with Crippen LogP contribution in [0.25, 0.3) is 0 Å². The third-order valence-corrected chi connectivity index (χ3v) is 2.41. The molecule has 0 unspecified atom stereocenters. The zero-order chi connectivity index (χ0) is 14.6. The lowest BCUT2D eigenvalue weighted by Gasteiger charge is -2.13. The smallest absolute Gasteiger partial charge is 0.338 e. The van der Waals surface area contributed by atoms with Gasteiger partial charge in [0, 0.05) is 18.1 Å². The van der Waals surface area contributed by atoms with E-state index in [-0.39, 0.29) is 23.5 Å². The van der Waals surface area contributed by atoms with Gasteiger partial charge in [0.15, 0.2) is 0 Å². The Balaban J connectivity index is 3.01. The molecule has 1 amide bonds. The maximum absolute atomic E-state index is 11.5. The fourth-order valence-corrected chi connectivity index (χ4v) is 1.33. The number of phenolic OH excluding ortho intramolecular Hbond substituents is 1. The van der Waals surface area contributed by atoms with Gasteiger partial charge in [-0.2, -0.15) is 0 Å². The summed E-state index contributed by atoms with van der Waals surface area (Å²) < 4.78 is 5.06. The highest BCUT2D eigenvalue weighted by Crippen LogP contribution is 2.25. The van der Waals surface area contributed by atoms with E-state index >= 15 is 0 Å². The van der Waals surface area contributed by atoms with E-state index in [1.165, 1.54) is 25.1 Å². The second kappa shape index (κ2) is 6.01.